The van der Waals surface area contributed by atoms with Crippen LogP contribution in [0.4, 0.5) is 0 Å². The van der Waals surface area contributed by atoms with Crippen molar-refractivity contribution in [1.29, 1.82) is 0 Å². The Morgan fingerprint density at radius 3 is 2.60 bits per heavy atom. The summed E-state index contributed by atoms with van der Waals surface area (Å²) < 4.78 is 5.57. The second-order valence-electron chi connectivity index (χ2n) is 2.94. The Bertz CT molecular complexity index is 264. The minimum Gasteiger partial charge on any atom is -0.359 e. The molecule has 0 aliphatic carbocycles. The zero-order chi connectivity index (χ0) is 10.2. The van der Waals surface area contributed by atoms with Crippen molar-refractivity contribution < 1.29 is 4.74 Å². The Kier molecular flexibility index (Phi) is 8.01. The molecule has 0 saturated heterocycles. The second-order valence-corrected chi connectivity index (χ2v) is 2.94. The van der Waals surface area contributed by atoms with Crippen LogP contribution in [0.1, 0.15) is 18.7 Å². The Morgan fingerprint density at radius 1 is 1.40 bits per heavy atom. The topological polar surface area (TPSA) is 21.3 Å². The number of nitrogens with one attached hydrogen (secondary N) is 1. The van der Waals surface area contributed by atoms with Crippen LogP contribution in [0.3, 0.4) is 0 Å². The van der Waals surface area contributed by atoms with Crippen LogP contribution in [0.15, 0.2) is 43.0 Å². The van der Waals surface area contributed by atoms with E-state index in [0.717, 1.165) is 12.1 Å². The van der Waals surface area contributed by atoms with E-state index in [1.54, 1.807) is 0 Å². The number of hydrogen-bond donors (Lipinski definition) is 1. The van der Waals surface area contributed by atoms with Crippen LogP contribution in [0.5, 0.6) is 0 Å². The predicted octanol–water partition coefficient (Wildman–Crippen LogP) is 2.92. The van der Waals surface area contributed by atoms with Gasteiger partial charge in [-0.3, -0.25) is 5.32 Å². The third kappa shape index (κ3) is 4.98. The molecule has 1 rings (SSSR count). The lowest BCUT2D eigenvalue weighted by molar-refractivity contribution is 0.0399. The molecule has 1 N–H and O–H groups in total. The van der Waals surface area contributed by atoms with Gasteiger partial charge in [0.15, 0.2) is 0 Å². The van der Waals surface area contributed by atoms with Crippen LogP contribution in [-0.4, -0.2) is 13.2 Å². The summed E-state index contributed by atoms with van der Waals surface area (Å²) >= 11 is 0. The molecule has 0 radical (unpaired) electrons. The molecule has 15 heavy (non-hydrogen) atoms. The van der Waals surface area contributed by atoms with Crippen molar-refractivity contribution >= 4 is 12.4 Å². The first-order valence-electron chi connectivity index (χ1n) is 4.89. The molecule has 2 nitrogen and oxygen atoms in total. The highest BCUT2D eigenvalue weighted by Crippen LogP contribution is 2.13. The van der Waals surface area contributed by atoms with Gasteiger partial charge in [0.05, 0.1) is 0 Å². The molecule has 0 fully saturated rings. The molecular weight excluding hydrogens is 210 g/mol. The Labute approximate surface area is 97.7 Å². The fourth-order valence-corrected chi connectivity index (χ4v) is 1.26. The molecule has 1 unspecified atom stereocenters. The summed E-state index contributed by atoms with van der Waals surface area (Å²) in [4.78, 5) is 0. The standard InChI is InChI=1S/C12H17NO.ClH/c1-3-10-13-12(14-4-2)11-8-6-5-7-9-11;/h3,5-9,12-13H,1,4,10H2,2H3;1H. The molecule has 84 valence electrons. The first kappa shape index (κ1) is 14.2. The van der Waals surface area contributed by atoms with Gasteiger partial charge < -0.3 is 4.74 Å². The molecule has 0 heterocycles. The van der Waals surface area contributed by atoms with Gasteiger partial charge in [-0.15, -0.1) is 19.0 Å². The van der Waals surface area contributed by atoms with Gasteiger partial charge in [-0.2, -0.15) is 0 Å². The van der Waals surface area contributed by atoms with E-state index in [4.69, 9.17) is 4.74 Å². The molecule has 0 spiro atoms. The van der Waals surface area contributed by atoms with Crippen LogP contribution in [0, 0.1) is 0 Å². The van der Waals surface area contributed by atoms with Crippen LogP contribution >= 0.6 is 12.4 Å². The quantitative estimate of drug-likeness (QED) is 0.596. The highest BCUT2D eigenvalue weighted by molar-refractivity contribution is 5.85. The Morgan fingerprint density at radius 2 is 2.07 bits per heavy atom. The van der Waals surface area contributed by atoms with Crippen molar-refractivity contribution in [2.75, 3.05) is 13.2 Å². The van der Waals surface area contributed by atoms with Gasteiger partial charge >= 0.3 is 0 Å². The normalized spacial score (nSPS) is 11.5. The SMILES string of the molecule is C=CCNC(OCC)c1ccccc1.Cl. The maximum absolute atomic E-state index is 5.57. The second kappa shape index (κ2) is 8.48. The maximum atomic E-state index is 5.57. The van der Waals surface area contributed by atoms with Crippen molar-refractivity contribution in [3.05, 3.63) is 48.6 Å². The lowest BCUT2D eigenvalue weighted by atomic mass is 10.2. The Hall–Kier alpha value is -0.830. The van der Waals surface area contributed by atoms with E-state index in [1.807, 2.05) is 31.2 Å². The lowest BCUT2D eigenvalue weighted by Gasteiger charge is -2.17. The third-order valence-corrected chi connectivity index (χ3v) is 1.88. The molecule has 1 aromatic rings. The zero-order valence-electron chi connectivity index (χ0n) is 8.98. The monoisotopic (exact) mass is 227 g/mol. The first-order valence-corrected chi connectivity index (χ1v) is 4.89. The minimum atomic E-state index is -0.0285. The predicted molar refractivity (Wildman–Crippen MR) is 66.3 cm³/mol. The smallest absolute Gasteiger partial charge is 0.134 e. The summed E-state index contributed by atoms with van der Waals surface area (Å²) in [6.07, 6.45) is 1.80. The summed E-state index contributed by atoms with van der Waals surface area (Å²) in [5, 5.41) is 3.25. The van der Waals surface area contributed by atoms with Crippen LogP contribution in [-0.2, 0) is 4.74 Å². The third-order valence-electron chi connectivity index (χ3n) is 1.88. The average molecular weight is 228 g/mol. The van der Waals surface area contributed by atoms with Crippen molar-refractivity contribution in [2.45, 2.75) is 13.2 Å². The van der Waals surface area contributed by atoms with Gasteiger partial charge in [-0.25, -0.2) is 0 Å². The van der Waals surface area contributed by atoms with Crippen molar-refractivity contribution in [2.24, 2.45) is 0 Å². The molecule has 3 heteroatoms. The maximum Gasteiger partial charge on any atom is 0.134 e. The zero-order valence-corrected chi connectivity index (χ0v) is 9.80. The summed E-state index contributed by atoms with van der Waals surface area (Å²) in [6, 6.07) is 10.1. The van der Waals surface area contributed by atoms with Crippen molar-refractivity contribution in [1.82, 2.24) is 5.32 Å². The van der Waals surface area contributed by atoms with E-state index in [-0.39, 0.29) is 18.6 Å². The van der Waals surface area contributed by atoms with E-state index in [1.165, 1.54) is 0 Å². The molecular formula is C12H18ClNO. The highest BCUT2D eigenvalue weighted by Gasteiger charge is 2.07. The van der Waals surface area contributed by atoms with E-state index < -0.39 is 0 Å². The molecule has 0 aliphatic rings. The first-order chi connectivity index (χ1) is 6.88. The average Bonchev–Trinajstić information content (AvgIpc) is 2.25. The molecule has 1 atom stereocenters. The largest absolute Gasteiger partial charge is 0.359 e. The molecule has 0 aromatic heterocycles. The number of hydrogen-bond acceptors (Lipinski definition) is 2. The van der Waals surface area contributed by atoms with Crippen LogP contribution < -0.4 is 5.32 Å². The lowest BCUT2D eigenvalue weighted by Crippen LogP contribution is -2.23. The number of benzene rings is 1. The summed E-state index contributed by atoms with van der Waals surface area (Å²) in [5.74, 6) is 0. The molecule has 1 aromatic carbocycles. The minimum absolute atomic E-state index is 0. The van der Waals surface area contributed by atoms with E-state index in [0.29, 0.717) is 6.61 Å². The summed E-state index contributed by atoms with van der Waals surface area (Å²) in [7, 11) is 0. The molecule has 0 amide bonds. The van der Waals surface area contributed by atoms with E-state index in [9.17, 15) is 0 Å². The summed E-state index contributed by atoms with van der Waals surface area (Å²) in [6.45, 7) is 7.11. The number of ether oxygens (including phenoxy) is 1. The number of rotatable bonds is 6. The molecule has 0 aliphatic heterocycles. The van der Waals surface area contributed by atoms with Gasteiger partial charge in [-0.05, 0) is 12.5 Å². The van der Waals surface area contributed by atoms with E-state index >= 15 is 0 Å². The highest BCUT2D eigenvalue weighted by atomic mass is 35.5. The van der Waals surface area contributed by atoms with E-state index in [2.05, 4.69) is 24.0 Å². The van der Waals surface area contributed by atoms with Gasteiger partial charge in [0.2, 0.25) is 0 Å². The van der Waals surface area contributed by atoms with Crippen LogP contribution in [0.25, 0.3) is 0 Å². The van der Waals surface area contributed by atoms with Gasteiger partial charge in [0, 0.05) is 13.2 Å². The van der Waals surface area contributed by atoms with Gasteiger partial charge in [-0.1, -0.05) is 36.4 Å². The summed E-state index contributed by atoms with van der Waals surface area (Å²) in [5.41, 5.74) is 1.15. The number of halogens is 1. The molecule has 0 bridgehead atoms. The Balaban J connectivity index is 0.00000196. The van der Waals surface area contributed by atoms with Crippen LogP contribution in [0.2, 0.25) is 0 Å². The fraction of sp³-hybridized carbons (Fsp3) is 0.333. The van der Waals surface area contributed by atoms with Gasteiger partial charge in [0.25, 0.3) is 0 Å². The molecule has 0 saturated carbocycles. The van der Waals surface area contributed by atoms with Crippen molar-refractivity contribution in [3.8, 4) is 0 Å². The fourth-order valence-electron chi connectivity index (χ4n) is 1.26. The van der Waals surface area contributed by atoms with Crippen molar-refractivity contribution in [3.63, 3.8) is 0 Å². The van der Waals surface area contributed by atoms with Gasteiger partial charge in [0.1, 0.15) is 6.23 Å².